The summed E-state index contributed by atoms with van der Waals surface area (Å²) in [5.74, 6) is 1.74. The van der Waals surface area contributed by atoms with Crippen LogP contribution in [0.1, 0.15) is 25.7 Å². The molecule has 0 amide bonds. The molecule has 1 heterocycles. The second-order valence-electron chi connectivity index (χ2n) is 5.49. The van der Waals surface area contributed by atoms with E-state index in [1.807, 2.05) is 0 Å². The average molecular weight is 226 g/mol. The summed E-state index contributed by atoms with van der Waals surface area (Å²) < 4.78 is 5.60. The van der Waals surface area contributed by atoms with Crippen molar-refractivity contribution in [3.05, 3.63) is 0 Å². The third-order valence-electron chi connectivity index (χ3n) is 3.63. The van der Waals surface area contributed by atoms with Gasteiger partial charge in [-0.05, 0) is 57.7 Å². The minimum absolute atomic E-state index is 0.849. The van der Waals surface area contributed by atoms with Gasteiger partial charge in [0.15, 0.2) is 0 Å². The zero-order valence-electron chi connectivity index (χ0n) is 10.6. The fraction of sp³-hybridized carbons (Fsp3) is 1.00. The van der Waals surface area contributed by atoms with Crippen molar-refractivity contribution in [2.24, 2.45) is 11.8 Å². The van der Waals surface area contributed by atoms with E-state index in [9.17, 15) is 0 Å². The van der Waals surface area contributed by atoms with Crippen molar-refractivity contribution in [3.8, 4) is 0 Å². The minimum atomic E-state index is 0.849. The predicted molar refractivity (Wildman–Crippen MR) is 66.6 cm³/mol. The van der Waals surface area contributed by atoms with Gasteiger partial charge in [-0.2, -0.15) is 0 Å². The van der Waals surface area contributed by atoms with Gasteiger partial charge in [-0.1, -0.05) is 0 Å². The molecule has 0 bridgehead atoms. The fourth-order valence-corrected chi connectivity index (χ4v) is 2.42. The Labute approximate surface area is 99.5 Å². The van der Waals surface area contributed by atoms with Gasteiger partial charge in [0.1, 0.15) is 0 Å². The van der Waals surface area contributed by atoms with E-state index in [-0.39, 0.29) is 0 Å². The fourth-order valence-electron chi connectivity index (χ4n) is 2.42. The van der Waals surface area contributed by atoms with Gasteiger partial charge < -0.3 is 15.0 Å². The third kappa shape index (κ3) is 4.81. The molecular weight excluding hydrogens is 200 g/mol. The van der Waals surface area contributed by atoms with Crippen LogP contribution in [-0.4, -0.2) is 51.3 Å². The summed E-state index contributed by atoms with van der Waals surface area (Å²) in [6.45, 7) is 6.61. The molecule has 1 aliphatic heterocycles. The van der Waals surface area contributed by atoms with Gasteiger partial charge in [-0.25, -0.2) is 0 Å². The highest BCUT2D eigenvalue weighted by Gasteiger charge is 2.21. The Kier molecular flexibility index (Phi) is 5.07. The van der Waals surface area contributed by atoms with Crippen LogP contribution in [0.5, 0.6) is 0 Å². The molecule has 1 N–H and O–H groups in total. The Morgan fingerprint density at radius 1 is 1.25 bits per heavy atom. The molecule has 1 saturated heterocycles. The molecule has 3 nitrogen and oxygen atoms in total. The first-order chi connectivity index (χ1) is 7.84. The largest absolute Gasteiger partial charge is 0.380 e. The molecule has 0 spiro atoms. The van der Waals surface area contributed by atoms with Gasteiger partial charge in [-0.3, -0.25) is 0 Å². The second-order valence-corrected chi connectivity index (χ2v) is 5.49. The number of nitrogens with zero attached hydrogens (tertiary/aromatic N) is 1. The van der Waals surface area contributed by atoms with Crippen LogP contribution in [0.2, 0.25) is 0 Å². The molecule has 0 aromatic carbocycles. The van der Waals surface area contributed by atoms with Crippen molar-refractivity contribution in [3.63, 3.8) is 0 Å². The summed E-state index contributed by atoms with van der Waals surface area (Å²) >= 11 is 0. The SMILES string of the molecule is CN1CCCC(CNCCOCC2CC2)C1. The lowest BCUT2D eigenvalue weighted by molar-refractivity contribution is 0.123. The molecule has 1 aliphatic carbocycles. The van der Waals surface area contributed by atoms with E-state index in [2.05, 4.69) is 17.3 Å². The van der Waals surface area contributed by atoms with Gasteiger partial charge in [0, 0.05) is 19.7 Å². The Balaban J connectivity index is 1.41. The van der Waals surface area contributed by atoms with Crippen molar-refractivity contribution >= 4 is 0 Å². The first kappa shape index (κ1) is 12.3. The van der Waals surface area contributed by atoms with E-state index in [4.69, 9.17) is 4.74 Å². The second kappa shape index (κ2) is 6.58. The van der Waals surface area contributed by atoms with E-state index in [0.29, 0.717) is 0 Å². The van der Waals surface area contributed by atoms with Crippen LogP contribution in [0, 0.1) is 11.8 Å². The van der Waals surface area contributed by atoms with Gasteiger partial charge in [0.25, 0.3) is 0 Å². The molecule has 1 atom stereocenters. The van der Waals surface area contributed by atoms with Crippen LogP contribution in [0.4, 0.5) is 0 Å². The molecule has 3 heteroatoms. The smallest absolute Gasteiger partial charge is 0.0591 e. The molecule has 2 aliphatic rings. The van der Waals surface area contributed by atoms with E-state index in [0.717, 1.165) is 38.1 Å². The van der Waals surface area contributed by atoms with Crippen LogP contribution in [0.3, 0.4) is 0 Å². The average Bonchev–Trinajstić information content (AvgIpc) is 3.07. The number of hydrogen-bond donors (Lipinski definition) is 1. The van der Waals surface area contributed by atoms with Gasteiger partial charge >= 0.3 is 0 Å². The van der Waals surface area contributed by atoms with E-state index in [1.54, 1.807) is 0 Å². The quantitative estimate of drug-likeness (QED) is 0.663. The summed E-state index contributed by atoms with van der Waals surface area (Å²) in [5, 5.41) is 3.52. The number of nitrogens with one attached hydrogen (secondary N) is 1. The number of rotatable bonds is 7. The van der Waals surface area contributed by atoms with Crippen molar-refractivity contribution in [1.29, 1.82) is 0 Å². The molecule has 0 radical (unpaired) electrons. The lowest BCUT2D eigenvalue weighted by atomic mass is 9.98. The van der Waals surface area contributed by atoms with E-state index >= 15 is 0 Å². The Bertz CT molecular complexity index is 194. The van der Waals surface area contributed by atoms with Crippen molar-refractivity contribution < 1.29 is 4.74 Å². The first-order valence-corrected chi connectivity index (χ1v) is 6.81. The number of hydrogen-bond acceptors (Lipinski definition) is 3. The maximum atomic E-state index is 5.60. The Morgan fingerprint density at radius 3 is 2.88 bits per heavy atom. The zero-order valence-corrected chi connectivity index (χ0v) is 10.6. The van der Waals surface area contributed by atoms with Crippen molar-refractivity contribution in [2.75, 3.05) is 46.4 Å². The summed E-state index contributed by atoms with van der Waals surface area (Å²) in [5.41, 5.74) is 0. The maximum Gasteiger partial charge on any atom is 0.0591 e. The summed E-state index contributed by atoms with van der Waals surface area (Å²) in [6, 6.07) is 0. The monoisotopic (exact) mass is 226 g/mol. The molecule has 2 rings (SSSR count). The van der Waals surface area contributed by atoms with Crippen LogP contribution in [0.15, 0.2) is 0 Å². The normalized spacial score (nSPS) is 27.2. The standard InChI is InChI=1S/C13H26N2O/c1-15-7-2-3-13(10-15)9-14-6-8-16-11-12-4-5-12/h12-14H,2-11H2,1H3. The molecule has 2 fully saturated rings. The lowest BCUT2D eigenvalue weighted by Gasteiger charge is -2.29. The number of ether oxygens (including phenoxy) is 1. The highest BCUT2D eigenvalue weighted by atomic mass is 16.5. The van der Waals surface area contributed by atoms with Crippen molar-refractivity contribution in [2.45, 2.75) is 25.7 Å². The molecule has 1 saturated carbocycles. The van der Waals surface area contributed by atoms with Crippen LogP contribution >= 0.6 is 0 Å². The summed E-state index contributed by atoms with van der Waals surface area (Å²) in [6.07, 6.45) is 5.53. The summed E-state index contributed by atoms with van der Waals surface area (Å²) in [7, 11) is 2.23. The molecule has 0 aromatic heterocycles. The maximum absolute atomic E-state index is 5.60. The highest BCUT2D eigenvalue weighted by Crippen LogP contribution is 2.28. The Morgan fingerprint density at radius 2 is 2.12 bits per heavy atom. The zero-order chi connectivity index (χ0) is 11.2. The van der Waals surface area contributed by atoms with Crippen molar-refractivity contribution in [1.82, 2.24) is 10.2 Å². The van der Waals surface area contributed by atoms with Crippen LogP contribution < -0.4 is 5.32 Å². The van der Waals surface area contributed by atoms with Crippen LogP contribution in [0.25, 0.3) is 0 Å². The topological polar surface area (TPSA) is 24.5 Å². The minimum Gasteiger partial charge on any atom is -0.380 e. The van der Waals surface area contributed by atoms with E-state index < -0.39 is 0 Å². The molecular formula is C13H26N2O. The molecule has 16 heavy (non-hydrogen) atoms. The molecule has 94 valence electrons. The molecule has 1 unspecified atom stereocenters. The highest BCUT2D eigenvalue weighted by molar-refractivity contribution is 4.73. The Hall–Kier alpha value is -0.120. The van der Waals surface area contributed by atoms with E-state index in [1.165, 1.54) is 38.8 Å². The van der Waals surface area contributed by atoms with Gasteiger partial charge in [0.2, 0.25) is 0 Å². The number of likely N-dealkylation sites (tertiary alicyclic amines) is 1. The summed E-state index contributed by atoms with van der Waals surface area (Å²) in [4.78, 5) is 2.44. The first-order valence-electron chi connectivity index (χ1n) is 6.81. The number of piperidine rings is 1. The third-order valence-corrected chi connectivity index (χ3v) is 3.63. The lowest BCUT2D eigenvalue weighted by Crippen LogP contribution is -2.38. The predicted octanol–water partition coefficient (Wildman–Crippen LogP) is 1.34. The van der Waals surface area contributed by atoms with Crippen LogP contribution in [-0.2, 0) is 4.74 Å². The van der Waals surface area contributed by atoms with Gasteiger partial charge in [-0.15, -0.1) is 0 Å². The molecule has 0 aromatic rings. The van der Waals surface area contributed by atoms with Gasteiger partial charge in [0.05, 0.1) is 6.61 Å².